The SMILES string of the molecule is O=C(O)C(CNCc1ccccc1)C(O)c1ccc(F)c(Cl)c1. The van der Waals surface area contributed by atoms with Crippen molar-refractivity contribution in [3.05, 3.63) is 70.5 Å². The van der Waals surface area contributed by atoms with Crippen LogP contribution in [0.4, 0.5) is 4.39 Å². The van der Waals surface area contributed by atoms with Gasteiger partial charge < -0.3 is 15.5 Å². The van der Waals surface area contributed by atoms with Gasteiger partial charge in [-0.15, -0.1) is 0 Å². The van der Waals surface area contributed by atoms with Gasteiger partial charge in [0, 0.05) is 13.1 Å². The predicted octanol–water partition coefficient (Wildman–Crippen LogP) is 3.00. The van der Waals surface area contributed by atoms with Crippen LogP contribution in [0.3, 0.4) is 0 Å². The molecule has 0 heterocycles. The van der Waals surface area contributed by atoms with Crippen molar-refractivity contribution in [3.63, 3.8) is 0 Å². The van der Waals surface area contributed by atoms with Gasteiger partial charge in [0.15, 0.2) is 0 Å². The molecule has 0 bridgehead atoms. The van der Waals surface area contributed by atoms with Gasteiger partial charge in [-0.2, -0.15) is 0 Å². The maximum atomic E-state index is 13.2. The standard InChI is InChI=1S/C17H17ClFNO3/c18-14-8-12(6-7-15(14)19)16(21)13(17(22)23)10-20-9-11-4-2-1-3-5-11/h1-8,13,16,20-21H,9-10H2,(H,22,23). The van der Waals surface area contributed by atoms with Gasteiger partial charge in [0.25, 0.3) is 0 Å². The zero-order valence-corrected chi connectivity index (χ0v) is 13.0. The molecule has 0 aliphatic carbocycles. The molecule has 2 rings (SSSR count). The maximum Gasteiger partial charge on any atom is 0.310 e. The van der Waals surface area contributed by atoms with E-state index in [1.54, 1.807) is 0 Å². The van der Waals surface area contributed by atoms with Gasteiger partial charge in [-0.1, -0.05) is 48.0 Å². The number of aliphatic carboxylic acids is 1. The number of carboxylic acid groups (broad SMARTS) is 1. The molecule has 0 radical (unpaired) electrons. The summed E-state index contributed by atoms with van der Waals surface area (Å²) in [5.74, 6) is -2.82. The Morgan fingerprint density at radius 1 is 1.22 bits per heavy atom. The van der Waals surface area contributed by atoms with Gasteiger partial charge in [-0.05, 0) is 23.3 Å². The summed E-state index contributed by atoms with van der Waals surface area (Å²) >= 11 is 5.68. The third-order valence-electron chi connectivity index (χ3n) is 3.52. The first-order chi connectivity index (χ1) is 11.0. The summed E-state index contributed by atoms with van der Waals surface area (Å²) in [6.07, 6.45) is -1.28. The molecule has 3 N–H and O–H groups in total. The Labute approximate surface area is 138 Å². The van der Waals surface area contributed by atoms with Crippen LogP contribution >= 0.6 is 11.6 Å². The molecule has 4 nitrogen and oxygen atoms in total. The third kappa shape index (κ3) is 4.76. The molecule has 0 amide bonds. The first-order valence-corrected chi connectivity index (χ1v) is 7.47. The molecule has 2 aromatic rings. The van der Waals surface area contributed by atoms with Crippen molar-refractivity contribution in [2.45, 2.75) is 12.6 Å². The summed E-state index contributed by atoms with van der Waals surface area (Å²) in [5, 5.41) is 22.4. The molecular formula is C17H17ClFNO3. The van der Waals surface area contributed by atoms with Crippen molar-refractivity contribution < 1.29 is 19.4 Å². The van der Waals surface area contributed by atoms with Crippen LogP contribution in [-0.2, 0) is 11.3 Å². The zero-order valence-electron chi connectivity index (χ0n) is 12.2. The Balaban J connectivity index is 2.02. The van der Waals surface area contributed by atoms with E-state index in [1.165, 1.54) is 12.1 Å². The van der Waals surface area contributed by atoms with Crippen LogP contribution in [-0.4, -0.2) is 22.7 Å². The van der Waals surface area contributed by atoms with Crippen molar-refractivity contribution in [1.29, 1.82) is 0 Å². The number of rotatable bonds is 7. The topological polar surface area (TPSA) is 69.6 Å². The largest absolute Gasteiger partial charge is 0.481 e. The van der Waals surface area contributed by atoms with Gasteiger partial charge in [-0.25, -0.2) is 4.39 Å². The number of aliphatic hydroxyl groups excluding tert-OH is 1. The second-order valence-electron chi connectivity index (χ2n) is 5.18. The van der Waals surface area contributed by atoms with Gasteiger partial charge in [0.05, 0.1) is 17.0 Å². The molecule has 0 aliphatic rings. The third-order valence-corrected chi connectivity index (χ3v) is 3.81. The average Bonchev–Trinajstić information content (AvgIpc) is 2.54. The molecule has 23 heavy (non-hydrogen) atoms. The number of carboxylic acids is 1. The first-order valence-electron chi connectivity index (χ1n) is 7.09. The lowest BCUT2D eigenvalue weighted by Gasteiger charge is -2.20. The van der Waals surface area contributed by atoms with Crippen molar-refractivity contribution in [2.75, 3.05) is 6.54 Å². The summed E-state index contributed by atoms with van der Waals surface area (Å²) in [5.41, 5.74) is 1.28. The van der Waals surface area contributed by atoms with E-state index >= 15 is 0 Å². The number of benzene rings is 2. The van der Waals surface area contributed by atoms with E-state index in [1.807, 2.05) is 30.3 Å². The molecule has 0 saturated heterocycles. The minimum atomic E-state index is -1.28. The molecular weight excluding hydrogens is 321 g/mol. The summed E-state index contributed by atoms with van der Waals surface area (Å²) in [4.78, 5) is 11.4. The summed E-state index contributed by atoms with van der Waals surface area (Å²) in [6.45, 7) is 0.557. The number of aliphatic hydroxyl groups is 1. The van der Waals surface area contributed by atoms with Gasteiger partial charge in [0.2, 0.25) is 0 Å². The highest BCUT2D eigenvalue weighted by Crippen LogP contribution is 2.26. The number of hydrogen-bond donors (Lipinski definition) is 3. The molecule has 122 valence electrons. The van der Waals surface area contributed by atoms with E-state index in [0.717, 1.165) is 11.6 Å². The van der Waals surface area contributed by atoms with Crippen LogP contribution in [0.2, 0.25) is 5.02 Å². The molecule has 0 aliphatic heterocycles. The fourth-order valence-corrected chi connectivity index (χ4v) is 2.42. The fraction of sp³-hybridized carbons (Fsp3) is 0.235. The monoisotopic (exact) mass is 337 g/mol. The molecule has 0 saturated carbocycles. The Morgan fingerprint density at radius 2 is 1.91 bits per heavy atom. The van der Waals surface area contributed by atoms with Crippen LogP contribution in [0.5, 0.6) is 0 Å². The predicted molar refractivity (Wildman–Crippen MR) is 85.6 cm³/mol. The molecule has 2 atom stereocenters. The maximum absolute atomic E-state index is 13.2. The van der Waals surface area contributed by atoms with Crippen LogP contribution < -0.4 is 5.32 Å². The molecule has 2 aromatic carbocycles. The molecule has 0 fully saturated rings. The molecule has 2 unspecified atom stereocenters. The number of halogens is 2. The Kier molecular flexibility index (Phi) is 6.10. The van der Waals surface area contributed by atoms with Crippen molar-refractivity contribution in [1.82, 2.24) is 5.32 Å². The summed E-state index contributed by atoms with van der Waals surface area (Å²) in [7, 11) is 0. The molecule has 0 aromatic heterocycles. The number of nitrogens with one attached hydrogen (secondary N) is 1. The van der Waals surface area contributed by atoms with E-state index in [9.17, 15) is 19.4 Å². The Hall–Kier alpha value is -1.95. The average molecular weight is 338 g/mol. The normalized spacial score (nSPS) is 13.5. The first kappa shape index (κ1) is 17.4. The number of carbonyl (C=O) groups is 1. The van der Waals surface area contributed by atoms with Gasteiger partial charge in [0.1, 0.15) is 5.82 Å². The molecule has 0 spiro atoms. The summed E-state index contributed by atoms with van der Waals surface area (Å²) in [6, 6.07) is 13.2. The molecule has 6 heteroatoms. The second kappa shape index (κ2) is 8.06. The summed E-state index contributed by atoms with van der Waals surface area (Å²) < 4.78 is 13.2. The zero-order chi connectivity index (χ0) is 16.8. The minimum Gasteiger partial charge on any atom is -0.481 e. The van der Waals surface area contributed by atoms with Crippen molar-refractivity contribution in [2.24, 2.45) is 5.92 Å². The lowest BCUT2D eigenvalue weighted by atomic mass is 9.95. The second-order valence-corrected chi connectivity index (χ2v) is 5.59. The Bertz CT molecular complexity index is 666. The van der Waals surface area contributed by atoms with Gasteiger partial charge >= 0.3 is 5.97 Å². The van der Waals surface area contributed by atoms with E-state index in [2.05, 4.69) is 5.32 Å². The van der Waals surface area contributed by atoms with Crippen molar-refractivity contribution in [3.8, 4) is 0 Å². The smallest absolute Gasteiger partial charge is 0.310 e. The highest BCUT2D eigenvalue weighted by Gasteiger charge is 2.28. The fourth-order valence-electron chi connectivity index (χ4n) is 2.23. The number of hydrogen-bond acceptors (Lipinski definition) is 3. The van der Waals surface area contributed by atoms with E-state index < -0.39 is 23.8 Å². The van der Waals surface area contributed by atoms with E-state index in [-0.39, 0.29) is 17.1 Å². The van der Waals surface area contributed by atoms with Gasteiger partial charge in [-0.3, -0.25) is 4.79 Å². The van der Waals surface area contributed by atoms with Crippen molar-refractivity contribution >= 4 is 17.6 Å². The Morgan fingerprint density at radius 3 is 2.52 bits per heavy atom. The highest BCUT2D eigenvalue weighted by atomic mass is 35.5. The lowest BCUT2D eigenvalue weighted by molar-refractivity contribution is -0.145. The van der Waals surface area contributed by atoms with Crippen LogP contribution in [0.25, 0.3) is 0 Å². The highest BCUT2D eigenvalue weighted by molar-refractivity contribution is 6.30. The minimum absolute atomic E-state index is 0.0698. The van der Waals surface area contributed by atoms with E-state index in [0.29, 0.717) is 6.54 Å². The quantitative estimate of drug-likeness (QED) is 0.726. The van der Waals surface area contributed by atoms with Crippen LogP contribution in [0, 0.1) is 11.7 Å². The lowest BCUT2D eigenvalue weighted by Crippen LogP contribution is -2.33. The van der Waals surface area contributed by atoms with Crippen LogP contribution in [0.15, 0.2) is 48.5 Å². The van der Waals surface area contributed by atoms with E-state index in [4.69, 9.17) is 11.6 Å². The van der Waals surface area contributed by atoms with Crippen LogP contribution in [0.1, 0.15) is 17.2 Å².